The topological polar surface area (TPSA) is 23.3 Å². The predicted molar refractivity (Wildman–Crippen MR) is 97.6 cm³/mol. The molecule has 2 heteroatoms. The van der Waals surface area contributed by atoms with E-state index in [-0.39, 0.29) is 11.6 Å². The van der Waals surface area contributed by atoms with Crippen molar-refractivity contribution in [1.29, 1.82) is 0 Å². The highest BCUT2D eigenvalue weighted by molar-refractivity contribution is 5.26. The van der Waals surface area contributed by atoms with Crippen LogP contribution in [0.3, 0.4) is 0 Å². The normalized spacial score (nSPS) is 40.9. The van der Waals surface area contributed by atoms with Gasteiger partial charge in [0.1, 0.15) is 0 Å². The van der Waals surface area contributed by atoms with E-state index in [0.29, 0.717) is 17.8 Å². The van der Waals surface area contributed by atoms with Gasteiger partial charge in [-0.25, -0.2) is 0 Å². The van der Waals surface area contributed by atoms with E-state index in [4.69, 9.17) is 10.1 Å². The number of ether oxygens (including phenoxy) is 1. The van der Waals surface area contributed by atoms with Crippen LogP contribution in [0.5, 0.6) is 0 Å². The Morgan fingerprint density at radius 1 is 1.39 bits per heavy atom. The Kier molecular flexibility index (Phi) is 4.85. The first kappa shape index (κ1) is 17.0. The smallest absolute Gasteiger partial charge is 0.0818 e. The van der Waals surface area contributed by atoms with E-state index in [1.165, 1.54) is 31.3 Å². The third kappa shape index (κ3) is 3.21. The van der Waals surface area contributed by atoms with Crippen molar-refractivity contribution >= 4 is 0 Å². The molecule has 1 unspecified atom stereocenters. The number of hydrogen-bond acceptors (Lipinski definition) is 1. The molecule has 3 rings (SSSR count). The van der Waals surface area contributed by atoms with Gasteiger partial charge < -0.3 is 10.1 Å². The van der Waals surface area contributed by atoms with Gasteiger partial charge in [-0.15, -0.1) is 5.54 Å². The van der Waals surface area contributed by atoms with Gasteiger partial charge in [-0.2, -0.15) is 7.05 Å². The molecule has 5 atom stereocenters. The molecule has 0 aromatic rings. The molecule has 2 nitrogen and oxygen atoms in total. The van der Waals surface area contributed by atoms with Crippen LogP contribution >= 0.6 is 0 Å². The minimum atomic E-state index is 0.161. The highest BCUT2D eigenvalue weighted by Crippen LogP contribution is 2.52. The molecule has 0 radical (unpaired) electrons. The molecule has 0 amide bonds. The number of rotatable bonds is 3. The molecule has 1 heterocycles. The number of allylic oxidation sites excluding steroid dienone is 2. The first-order valence-electron chi connectivity index (χ1n) is 9.19. The Hall–Kier alpha value is -0.860. The van der Waals surface area contributed by atoms with Crippen LogP contribution in [0, 0.1) is 17.8 Å². The lowest BCUT2D eigenvalue weighted by Crippen LogP contribution is -2.47. The van der Waals surface area contributed by atoms with E-state index in [1.807, 2.05) is 7.05 Å². The Morgan fingerprint density at radius 3 is 2.78 bits per heavy atom. The minimum absolute atomic E-state index is 0.161. The summed E-state index contributed by atoms with van der Waals surface area (Å²) in [7, 11) is 2.02. The molecule has 1 aliphatic heterocycles. The average Bonchev–Trinajstić information content (AvgIpc) is 2.55. The van der Waals surface area contributed by atoms with Crippen molar-refractivity contribution < 1.29 is 4.74 Å². The highest BCUT2D eigenvalue weighted by Gasteiger charge is 2.42. The van der Waals surface area contributed by atoms with E-state index >= 15 is 0 Å². The maximum absolute atomic E-state index is 6.08. The Balaban J connectivity index is 1.83. The molecule has 23 heavy (non-hydrogen) atoms. The fraction of sp³-hybridized carbons (Fsp3) is 0.714. The van der Waals surface area contributed by atoms with Gasteiger partial charge in [-0.05, 0) is 62.9 Å². The lowest BCUT2D eigenvalue weighted by Gasteiger charge is -2.58. The maximum atomic E-state index is 6.08. The van der Waals surface area contributed by atoms with Gasteiger partial charge in [0.25, 0.3) is 0 Å². The monoisotopic (exact) mass is 314 g/mol. The Bertz CT molecular complexity index is 532. The van der Waals surface area contributed by atoms with E-state index in [2.05, 4.69) is 39.5 Å². The molecular formula is C21H32NO-. The summed E-state index contributed by atoms with van der Waals surface area (Å²) in [6, 6.07) is 0. The fourth-order valence-electron chi connectivity index (χ4n) is 4.95. The van der Waals surface area contributed by atoms with Crippen molar-refractivity contribution in [3.63, 3.8) is 0 Å². The van der Waals surface area contributed by atoms with Crippen LogP contribution in [0.2, 0.25) is 0 Å². The van der Waals surface area contributed by atoms with Gasteiger partial charge >= 0.3 is 0 Å². The lowest BCUT2D eigenvalue weighted by atomic mass is 9.58. The molecule has 0 aromatic heterocycles. The minimum Gasteiger partial charge on any atom is -0.659 e. The maximum Gasteiger partial charge on any atom is 0.0818 e. The van der Waals surface area contributed by atoms with Crippen LogP contribution in [0.1, 0.15) is 52.9 Å². The lowest BCUT2D eigenvalue weighted by molar-refractivity contribution is 0.0633. The van der Waals surface area contributed by atoms with Crippen LogP contribution < -0.4 is 0 Å². The summed E-state index contributed by atoms with van der Waals surface area (Å²) in [6.45, 7) is 11.6. The molecule has 0 bridgehead atoms. The first-order chi connectivity index (χ1) is 10.9. The Labute approximate surface area is 142 Å². The van der Waals surface area contributed by atoms with Crippen LogP contribution in [0.4, 0.5) is 0 Å². The second-order valence-electron chi connectivity index (χ2n) is 8.12. The van der Waals surface area contributed by atoms with Gasteiger partial charge in [0.15, 0.2) is 0 Å². The largest absolute Gasteiger partial charge is 0.659 e. The van der Waals surface area contributed by atoms with E-state index in [0.717, 1.165) is 18.6 Å². The molecule has 1 saturated carbocycles. The van der Waals surface area contributed by atoms with Crippen LogP contribution in [0.15, 0.2) is 35.5 Å². The molecule has 2 aliphatic carbocycles. The van der Waals surface area contributed by atoms with Crippen LogP contribution in [-0.2, 0) is 4.74 Å². The third-order valence-electron chi connectivity index (χ3n) is 6.60. The third-order valence-corrected chi connectivity index (χ3v) is 6.60. The molecular weight excluding hydrogens is 282 g/mol. The molecule has 1 fully saturated rings. The summed E-state index contributed by atoms with van der Waals surface area (Å²) < 4.78 is 6.08. The standard InChI is InChI=1S/C21H32NO/c1-14(2)20-9-7-16(13-23-20)17-10-11-21(4,22-5)19-8-6-15(3)12-18(17)19/h7,12,17-20H,1,6,8-11,13H2,2-5H3/q-1/t17-,18-,19+,20?,21+/m1/s1. The van der Waals surface area contributed by atoms with E-state index in [1.54, 1.807) is 5.57 Å². The molecule has 0 aromatic carbocycles. The van der Waals surface area contributed by atoms with Crippen LogP contribution in [0.25, 0.3) is 5.32 Å². The summed E-state index contributed by atoms with van der Waals surface area (Å²) in [5.74, 6) is 1.98. The number of nitrogens with zero attached hydrogens (tertiary/aromatic N) is 1. The summed E-state index contributed by atoms with van der Waals surface area (Å²) in [5.41, 5.74) is 4.40. The van der Waals surface area contributed by atoms with Gasteiger partial charge in [0.05, 0.1) is 12.7 Å². The van der Waals surface area contributed by atoms with Gasteiger partial charge in [0, 0.05) is 0 Å². The van der Waals surface area contributed by atoms with Crippen molar-refractivity contribution in [3.8, 4) is 0 Å². The van der Waals surface area contributed by atoms with Crippen molar-refractivity contribution in [2.75, 3.05) is 13.7 Å². The van der Waals surface area contributed by atoms with Crippen molar-refractivity contribution in [3.05, 3.63) is 40.8 Å². The van der Waals surface area contributed by atoms with E-state index in [9.17, 15) is 0 Å². The zero-order valence-corrected chi connectivity index (χ0v) is 15.3. The zero-order valence-electron chi connectivity index (χ0n) is 15.3. The number of fused-ring (bicyclic) bond motifs is 1. The van der Waals surface area contributed by atoms with E-state index < -0.39 is 0 Å². The second-order valence-corrected chi connectivity index (χ2v) is 8.12. The SMILES string of the molecule is C=C(C)C1CC=C([C@H]2CC[C@](C)([N-]C)[C@H]3CCC(C)=C[C@H]23)CO1. The summed E-state index contributed by atoms with van der Waals surface area (Å²) in [5, 5.41) is 4.81. The fourth-order valence-corrected chi connectivity index (χ4v) is 4.95. The first-order valence-corrected chi connectivity index (χ1v) is 9.19. The molecule has 0 N–H and O–H groups in total. The highest BCUT2D eigenvalue weighted by atomic mass is 16.5. The average molecular weight is 314 g/mol. The molecule has 128 valence electrons. The second kappa shape index (κ2) is 6.57. The number of hydrogen-bond donors (Lipinski definition) is 0. The van der Waals surface area contributed by atoms with Crippen molar-refractivity contribution in [2.24, 2.45) is 17.8 Å². The molecule has 3 aliphatic rings. The molecule has 0 saturated heterocycles. The van der Waals surface area contributed by atoms with Gasteiger partial charge in [-0.3, -0.25) is 0 Å². The molecule has 0 spiro atoms. The quantitative estimate of drug-likeness (QED) is 0.638. The van der Waals surface area contributed by atoms with Crippen molar-refractivity contribution in [2.45, 2.75) is 64.5 Å². The summed E-state index contributed by atoms with van der Waals surface area (Å²) >= 11 is 0. The Morgan fingerprint density at radius 2 is 2.17 bits per heavy atom. The van der Waals surface area contributed by atoms with Crippen LogP contribution in [-0.4, -0.2) is 25.3 Å². The van der Waals surface area contributed by atoms with Gasteiger partial charge in [0.2, 0.25) is 0 Å². The summed E-state index contributed by atoms with van der Waals surface area (Å²) in [4.78, 5) is 0. The van der Waals surface area contributed by atoms with Gasteiger partial charge in [-0.1, -0.05) is 43.2 Å². The predicted octanol–water partition coefficient (Wildman–Crippen LogP) is 5.42. The van der Waals surface area contributed by atoms with Crippen molar-refractivity contribution in [1.82, 2.24) is 0 Å². The zero-order chi connectivity index (χ0) is 16.6. The summed E-state index contributed by atoms with van der Waals surface area (Å²) in [6.07, 6.45) is 11.2.